The van der Waals surface area contributed by atoms with Crippen LogP contribution in [0.15, 0.2) is 30.5 Å². The Bertz CT molecular complexity index is 743. The number of benzene rings is 1. The van der Waals surface area contributed by atoms with Crippen LogP contribution in [0.1, 0.15) is 56.1 Å². The van der Waals surface area contributed by atoms with Gasteiger partial charge in [0.15, 0.2) is 0 Å². The fraction of sp³-hybridized carbons (Fsp3) is 0.476. The zero-order valence-electron chi connectivity index (χ0n) is 16.9. The zero-order chi connectivity index (χ0) is 19.6. The van der Waals surface area contributed by atoms with Crippen LogP contribution in [0.5, 0.6) is 0 Å². The second-order valence-electron chi connectivity index (χ2n) is 6.53. The third kappa shape index (κ3) is 5.94. The quantitative estimate of drug-likeness (QED) is 0.604. The summed E-state index contributed by atoms with van der Waals surface area (Å²) in [6, 6.07) is 7.72. The van der Waals surface area contributed by atoms with Gasteiger partial charge in [0.2, 0.25) is 5.95 Å². The minimum atomic E-state index is -0.229. The third-order valence-corrected chi connectivity index (χ3v) is 4.54. The minimum absolute atomic E-state index is 0.229. The molecule has 0 fully saturated rings. The number of rotatable bonds is 10. The molecule has 6 nitrogen and oxygen atoms in total. The molecule has 6 heteroatoms. The first-order valence-corrected chi connectivity index (χ1v) is 9.82. The average molecular weight is 370 g/mol. The van der Waals surface area contributed by atoms with Crippen molar-refractivity contribution in [3.63, 3.8) is 0 Å². The van der Waals surface area contributed by atoms with Crippen molar-refractivity contribution in [3.05, 3.63) is 41.7 Å². The number of aromatic nitrogens is 2. The molecule has 1 heterocycles. The van der Waals surface area contributed by atoms with Crippen LogP contribution in [0, 0.1) is 6.92 Å². The molecule has 2 aromatic rings. The number of hydrogen-bond acceptors (Lipinski definition) is 5. The third-order valence-electron chi connectivity index (χ3n) is 4.54. The van der Waals surface area contributed by atoms with Crippen LogP contribution in [0.3, 0.4) is 0 Å². The number of nitrogens with one attached hydrogen (secondary N) is 2. The first-order chi connectivity index (χ1) is 13.1. The summed E-state index contributed by atoms with van der Waals surface area (Å²) in [6.07, 6.45) is 5.00. The van der Waals surface area contributed by atoms with E-state index in [1.165, 1.54) is 0 Å². The molecule has 146 valence electrons. The van der Waals surface area contributed by atoms with Crippen molar-refractivity contribution in [2.75, 3.05) is 35.2 Å². The van der Waals surface area contributed by atoms with E-state index in [-0.39, 0.29) is 5.91 Å². The second-order valence-corrected chi connectivity index (χ2v) is 6.53. The van der Waals surface area contributed by atoms with Crippen LogP contribution in [0.4, 0.5) is 17.3 Å². The smallest absolute Gasteiger partial charge is 0.274 e. The molecule has 1 aromatic heterocycles. The van der Waals surface area contributed by atoms with Gasteiger partial charge < -0.3 is 15.5 Å². The maximum atomic E-state index is 12.6. The van der Waals surface area contributed by atoms with Gasteiger partial charge in [0.05, 0.1) is 0 Å². The van der Waals surface area contributed by atoms with Gasteiger partial charge in [0, 0.05) is 37.2 Å². The maximum Gasteiger partial charge on any atom is 0.274 e. The van der Waals surface area contributed by atoms with Crippen molar-refractivity contribution >= 4 is 23.2 Å². The summed E-state index contributed by atoms with van der Waals surface area (Å²) < 4.78 is 0. The molecule has 27 heavy (non-hydrogen) atoms. The minimum Gasteiger partial charge on any atom is -0.372 e. The van der Waals surface area contributed by atoms with E-state index < -0.39 is 0 Å². The fourth-order valence-electron chi connectivity index (χ4n) is 2.91. The van der Waals surface area contributed by atoms with Crippen LogP contribution >= 0.6 is 0 Å². The molecular weight excluding hydrogens is 338 g/mol. The monoisotopic (exact) mass is 369 g/mol. The molecule has 0 aliphatic rings. The summed E-state index contributed by atoms with van der Waals surface area (Å²) in [5.41, 5.74) is 3.35. The maximum absolute atomic E-state index is 12.6. The Kier molecular flexibility index (Phi) is 8.04. The lowest BCUT2D eigenvalue weighted by Crippen LogP contribution is -2.22. The summed E-state index contributed by atoms with van der Waals surface area (Å²) in [5, 5.41) is 6.13. The van der Waals surface area contributed by atoms with E-state index in [1.807, 2.05) is 19.1 Å². The Balaban J connectivity index is 2.04. The van der Waals surface area contributed by atoms with Gasteiger partial charge in [-0.05, 0) is 57.0 Å². The predicted octanol–water partition coefficient (Wildman–Crippen LogP) is 4.49. The first-order valence-electron chi connectivity index (χ1n) is 9.82. The van der Waals surface area contributed by atoms with Gasteiger partial charge >= 0.3 is 0 Å². The molecule has 0 aliphatic carbocycles. The Hall–Kier alpha value is -2.63. The number of anilines is 3. The van der Waals surface area contributed by atoms with Gasteiger partial charge in [-0.1, -0.05) is 19.8 Å². The highest BCUT2D eigenvalue weighted by Crippen LogP contribution is 2.23. The Morgan fingerprint density at radius 3 is 2.56 bits per heavy atom. The summed E-state index contributed by atoms with van der Waals surface area (Å²) in [4.78, 5) is 23.4. The number of nitrogens with zero attached hydrogens (tertiary/aromatic N) is 3. The van der Waals surface area contributed by atoms with Crippen molar-refractivity contribution in [1.29, 1.82) is 0 Å². The van der Waals surface area contributed by atoms with Gasteiger partial charge in [-0.25, -0.2) is 9.97 Å². The SMILES string of the molecule is CCCCCNc1nccc(C(=O)Nc2ccc(N(CC)CC)cc2C)n1. The largest absolute Gasteiger partial charge is 0.372 e. The molecule has 0 saturated carbocycles. The lowest BCUT2D eigenvalue weighted by molar-refractivity contribution is 0.102. The van der Waals surface area contributed by atoms with Crippen molar-refractivity contribution in [3.8, 4) is 0 Å². The number of unbranched alkanes of at least 4 members (excludes halogenated alkanes) is 2. The molecule has 0 radical (unpaired) electrons. The molecule has 0 spiro atoms. The van der Waals surface area contributed by atoms with Crippen molar-refractivity contribution in [1.82, 2.24) is 9.97 Å². The molecule has 2 N–H and O–H groups in total. The van der Waals surface area contributed by atoms with Crippen LogP contribution < -0.4 is 15.5 Å². The highest BCUT2D eigenvalue weighted by Gasteiger charge is 2.12. The summed E-state index contributed by atoms with van der Waals surface area (Å²) >= 11 is 0. The van der Waals surface area contributed by atoms with Gasteiger partial charge in [0.25, 0.3) is 5.91 Å². The standard InChI is InChI=1S/C21H31N5O/c1-5-8-9-13-22-21-23-14-12-19(25-21)20(27)24-18-11-10-17(15-16(18)4)26(6-2)7-3/h10-12,14-15H,5-9,13H2,1-4H3,(H,24,27)(H,22,23,25). The molecule has 0 bridgehead atoms. The number of carbonyl (C=O) groups excluding carboxylic acids is 1. The lowest BCUT2D eigenvalue weighted by Gasteiger charge is -2.22. The van der Waals surface area contributed by atoms with Gasteiger partial charge in [-0.2, -0.15) is 0 Å². The predicted molar refractivity (Wildman–Crippen MR) is 113 cm³/mol. The highest BCUT2D eigenvalue weighted by atomic mass is 16.1. The molecule has 1 aromatic carbocycles. The normalized spacial score (nSPS) is 10.5. The number of amides is 1. The number of aryl methyl sites for hydroxylation is 1. The van der Waals surface area contributed by atoms with Crippen molar-refractivity contribution < 1.29 is 4.79 Å². The topological polar surface area (TPSA) is 70.2 Å². The Morgan fingerprint density at radius 1 is 1.11 bits per heavy atom. The van der Waals surface area contributed by atoms with E-state index >= 15 is 0 Å². The average Bonchev–Trinajstić information content (AvgIpc) is 2.68. The van der Waals surface area contributed by atoms with E-state index in [4.69, 9.17) is 0 Å². The van der Waals surface area contributed by atoms with E-state index in [9.17, 15) is 4.79 Å². The fourth-order valence-corrected chi connectivity index (χ4v) is 2.91. The van der Waals surface area contributed by atoms with E-state index in [0.29, 0.717) is 11.6 Å². The van der Waals surface area contributed by atoms with Crippen LogP contribution in [-0.2, 0) is 0 Å². The number of hydrogen-bond donors (Lipinski definition) is 2. The van der Waals surface area contributed by atoms with E-state index in [1.54, 1.807) is 12.3 Å². The molecular formula is C21H31N5O. The van der Waals surface area contributed by atoms with Gasteiger partial charge in [-0.3, -0.25) is 4.79 Å². The highest BCUT2D eigenvalue weighted by molar-refractivity contribution is 6.03. The molecule has 0 atom stereocenters. The number of carbonyl (C=O) groups is 1. The Morgan fingerprint density at radius 2 is 1.89 bits per heavy atom. The zero-order valence-corrected chi connectivity index (χ0v) is 16.9. The summed E-state index contributed by atoms with van der Waals surface area (Å²) in [6.45, 7) is 11.2. The van der Waals surface area contributed by atoms with Crippen LogP contribution in [-0.4, -0.2) is 35.5 Å². The van der Waals surface area contributed by atoms with Gasteiger partial charge in [0.1, 0.15) is 5.69 Å². The van der Waals surface area contributed by atoms with E-state index in [0.717, 1.165) is 55.8 Å². The lowest BCUT2D eigenvalue weighted by atomic mass is 10.1. The molecule has 0 saturated heterocycles. The van der Waals surface area contributed by atoms with Gasteiger partial charge in [-0.15, -0.1) is 0 Å². The molecule has 0 aliphatic heterocycles. The second kappa shape index (κ2) is 10.5. The first kappa shape index (κ1) is 20.7. The van der Waals surface area contributed by atoms with Crippen molar-refractivity contribution in [2.24, 2.45) is 0 Å². The molecule has 1 amide bonds. The van der Waals surface area contributed by atoms with Crippen LogP contribution in [0.25, 0.3) is 0 Å². The summed E-state index contributed by atoms with van der Waals surface area (Å²) in [7, 11) is 0. The van der Waals surface area contributed by atoms with E-state index in [2.05, 4.69) is 52.3 Å². The molecule has 2 rings (SSSR count). The molecule has 0 unspecified atom stereocenters. The summed E-state index contributed by atoms with van der Waals surface area (Å²) in [5.74, 6) is 0.264. The van der Waals surface area contributed by atoms with Crippen molar-refractivity contribution in [2.45, 2.75) is 47.0 Å². The van der Waals surface area contributed by atoms with Crippen LogP contribution in [0.2, 0.25) is 0 Å². The Labute approximate surface area is 162 Å².